The Kier molecular flexibility index (Phi) is 2.95. The molecule has 0 N–H and O–H groups in total. The maximum atomic E-state index is 12.3. The number of aromatic nitrogens is 2. The van der Waals surface area contributed by atoms with E-state index in [2.05, 4.69) is 10.2 Å². The largest absolute Gasteiger partial charge is 0.269 e. The van der Waals surface area contributed by atoms with E-state index in [0.717, 1.165) is 4.31 Å². The second kappa shape index (κ2) is 4.53. The van der Waals surface area contributed by atoms with Crippen LogP contribution in [0.4, 0.5) is 0 Å². The van der Waals surface area contributed by atoms with E-state index in [-0.39, 0.29) is 22.2 Å². The third-order valence-corrected chi connectivity index (χ3v) is 4.89. The van der Waals surface area contributed by atoms with E-state index in [4.69, 9.17) is 11.6 Å². The fourth-order valence-electron chi connectivity index (χ4n) is 1.96. The molecular formula is C12H8ClN3O3S. The predicted octanol–water partition coefficient (Wildman–Crippen LogP) is 1.47. The lowest BCUT2D eigenvalue weighted by molar-refractivity contribution is 0.0863. The van der Waals surface area contributed by atoms with Crippen LogP contribution in [0, 0.1) is 0 Å². The molecule has 0 bridgehead atoms. The van der Waals surface area contributed by atoms with Crippen molar-refractivity contribution < 1.29 is 13.2 Å². The first-order valence-corrected chi connectivity index (χ1v) is 7.46. The van der Waals surface area contributed by atoms with Crippen LogP contribution in [0.2, 0.25) is 5.15 Å². The third kappa shape index (κ3) is 1.95. The maximum Gasteiger partial charge on any atom is 0.269 e. The van der Waals surface area contributed by atoms with Crippen molar-refractivity contribution in [3.8, 4) is 0 Å². The molecule has 1 aromatic heterocycles. The zero-order valence-electron chi connectivity index (χ0n) is 10.0. The molecule has 2 heterocycles. The smallest absolute Gasteiger partial charge is 0.268 e. The van der Waals surface area contributed by atoms with Crippen molar-refractivity contribution in [2.75, 3.05) is 0 Å². The molecule has 0 fully saturated rings. The standard InChI is InChI=1S/C12H8ClN3O3S/c13-11-6-5-8(14-15-11)7-16-12(17)9-3-1-2-4-10(9)20(16,18)19/h1-6H,7H2. The van der Waals surface area contributed by atoms with E-state index in [0.29, 0.717) is 5.69 Å². The van der Waals surface area contributed by atoms with Gasteiger partial charge in [0.1, 0.15) is 4.90 Å². The van der Waals surface area contributed by atoms with Gasteiger partial charge in [-0.05, 0) is 24.3 Å². The predicted molar refractivity (Wildman–Crippen MR) is 70.5 cm³/mol. The number of fused-ring (bicyclic) bond motifs is 1. The fraction of sp³-hybridized carbons (Fsp3) is 0.0833. The van der Waals surface area contributed by atoms with Gasteiger partial charge < -0.3 is 0 Å². The first kappa shape index (κ1) is 13.0. The molecule has 1 amide bonds. The summed E-state index contributed by atoms with van der Waals surface area (Å²) in [7, 11) is -3.82. The highest BCUT2D eigenvalue weighted by atomic mass is 35.5. The second-order valence-corrected chi connectivity index (χ2v) is 6.38. The minimum absolute atomic E-state index is 0.0203. The van der Waals surface area contributed by atoms with E-state index in [1.54, 1.807) is 12.1 Å². The van der Waals surface area contributed by atoms with Gasteiger partial charge in [0.2, 0.25) is 0 Å². The Hall–Kier alpha value is -1.99. The molecule has 0 saturated carbocycles. The molecule has 0 radical (unpaired) electrons. The van der Waals surface area contributed by atoms with Crippen LogP contribution in [-0.4, -0.2) is 28.8 Å². The van der Waals surface area contributed by atoms with Crippen molar-refractivity contribution in [1.29, 1.82) is 0 Å². The lowest BCUT2D eigenvalue weighted by atomic mass is 10.2. The summed E-state index contributed by atoms with van der Waals surface area (Å²) in [5.41, 5.74) is 0.522. The molecule has 0 unspecified atom stereocenters. The molecule has 1 aromatic carbocycles. The summed E-state index contributed by atoms with van der Waals surface area (Å²) < 4.78 is 25.4. The van der Waals surface area contributed by atoms with E-state index in [1.807, 2.05) is 0 Å². The first-order valence-electron chi connectivity index (χ1n) is 5.64. The normalized spacial score (nSPS) is 16.2. The Morgan fingerprint density at radius 3 is 2.50 bits per heavy atom. The maximum absolute atomic E-state index is 12.3. The Labute approximate surface area is 120 Å². The van der Waals surface area contributed by atoms with Crippen LogP contribution in [-0.2, 0) is 16.6 Å². The van der Waals surface area contributed by atoms with Crippen LogP contribution >= 0.6 is 11.6 Å². The number of hydrogen-bond donors (Lipinski definition) is 0. The number of carbonyl (C=O) groups is 1. The van der Waals surface area contributed by atoms with Gasteiger partial charge in [-0.2, -0.15) is 5.10 Å². The van der Waals surface area contributed by atoms with Crippen molar-refractivity contribution in [3.05, 3.63) is 52.8 Å². The minimum Gasteiger partial charge on any atom is -0.268 e. The van der Waals surface area contributed by atoms with Gasteiger partial charge in [0.25, 0.3) is 15.9 Å². The topological polar surface area (TPSA) is 80.2 Å². The zero-order chi connectivity index (χ0) is 14.3. The van der Waals surface area contributed by atoms with Crippen LogP contribution in [0.5, 0.6) is 0 Å². The van der Waals surface area contributed by atoms with Crippen molar-refractivity contribution in [2.24, 2.45) is 0 Å². The number of hydrogen-bond acceptors (Lipinski definition) is 5. The minimum atomic E-state index is -3.82. The Bertz CT molecular complexity index is 790. The summed E-state index contributed by atoms with van der Waals surface area (Å²) in [6.45, 7) is -0.167. The molecule has 8 heteroatoms. The SMILES string of the molecule is O=C1c2ccccc2S(=O)(=O)N1Cc1ccc(Cl)nn1. The quantitative estimate of drug-likeness (QED) is 0.839. The highest BCUT2D eigenvalue weighted by Crippen LogP contribution is 2.30. The Morgan fingerprint density at radius 2 is 1.85 bits per heavy atom. The number of sulfonamides is 1. The van der Waals surface area contributed by atoms with Gasteiger partial charge in [0.05, 0.1) is 17.8 Å². The summed E-state index contributed by atoms with van der Waals surface area (Å²) >= 11 is 5.61. The zero-order valence-corrected chi connectivity index (χ0v) is 11.6. The van der Waals surface area contributed by atoms with Gasteiger partial charge in [-0.15, -0.1) is 5.10 Å². The van der Waals surface area contributed by atoms with Gasteiger partial charge >= 0.3 is 0 Å². The molecular weight excluding hydrogens is 302 g/mol. The molecule has 0 saturated heterocycles. The molecule has 20 heavy (non-hydrogen) atoms. The molecule has 1 aliphatic rings. The molecule has 1 aliphatic heterocycles. The lowest BCUT2D eigenvalue weighted by Gasteiger charge is -2.13. The molecule has 2 aromatic rings. The lowest BCUT2D eigenvalue weighted by Crippen LogP contribution is -2.29. The van der Waals surface area contributed by atoms with Crippen molar-refractivity contribution in [2.45, 2.75) is 11.4 Å². The van der Waals surface area contributed by atoms with Gasteiger partial charge in [-0.1, -0.05) is 23.7 Å². The number of carbonyl (C=O) groups excluding carboxylic acids is 1. The summed E-state index contributed by atoms with van der Waals surface area (Å²) in [6.07, 6.45) is 0. The van der Waals surface area contributed by atoms with Gasteiger partial charge in [-0.3, -0.25) is 4.79 Å². The van der Waals surface area contributed by atoms with Crippen molar-refractivity contribution >= 4 is 27.5 Å². The van der Waals surface area contributed by atoms with Crippen molar-refractivity contribution in [3.63, 3.8) is 0 Å². The highest BCUT2D eigenvalue weighted by Gasteiger charge is 2.40. The van der Waals surface area contributed by atoms with E-state index >= 15 is 0 Å². The summed E-state index contributed by atoms with van der Waals surface area (Å²) in [5.74, 6) is -0.558. The third-order valence-electron chi connectivity index (χ3n) is 2.90. The average Bonchev–Trinajstić information content (AvgIpc) is 2.63. The van der Waals surface area contributed by atoms with Crippen molar-refractivity contribution in [1.82, 2.24) is 14.5 Å². The molecule has 0 spiro atoms. The van der Waals surface area contributed by atoms with Crippen LogP contribution in [0.25, 0.3) is 0 Å². The number of halogens is 1. The monoisotopic (exact) mass is 309 g/mol. The van der Waals surface area contributed by atoms with Crippen LogP contribution in [0.1, 0.15) is 16.1 Å². The number of rotatable bonds is 2. The van der Waals surface area contributed by atoms with Gasteiger partial charge in [0, 0.05) is 0 Å². The molecule has 0 atom stereocenters. The van der Waals surface area contributed by atoms with Gasteiger partial charge in [-0.25, -0.2) is 12.7 Å². The number of nitrogens with zero attached hydrogens (tertiary/aromatic N) is 3. The second-order valence-electron chi connectivity index (χ2n) is 4.16. The average molecular weight is 310 g/mol. The molecule has 6 nitrogen and oxygen atoms in total. The Balaban J connectivity index is 2.00. The van der Waals surface area contributed by atoms with E-state index in [1.165, 1.54) is 24.3 Å². The molecule has 102 valence electrons. The molecule has 3 rings (SSSR count). The fourth-order valence-corrected chi connectivity index (χ4v) is 3.60. The highest BCUT2D eigenvalue weighted by molar-refractivity contribution is 7.90. The number of amides is 1. The summed E-state index contributed by atoms with van der Waals surface area (Å²) in [5, 5.41) is 7.59. The summed E-state index contributed by atoms with van der Waals surface area (Å²) in [6, 6.07) is 9.12. The van der Waals surface area contributed by atoms with E-state index < -0.39 is 15.9 Å². The van der Waals surface area contributed by atoms with Crippen LogP contribution in [0.3, 0.4) is 0 Å². The van der Waals surface area contributed by atoms with Crippen LogP contribution < -0.4 is 0 Å². The molecule has 0 aliphatic carbocycles. The Morgan fingerprint density at radius 1 is 1.10 bits per heavy atom. The van der Waals surface area contributed by atoms with E-state index in [9.17, 15) is 13.2 Å². The first-order chi connectivity index (χ1) is 9.50. The summed E-state index contributed by atoms with van der Waals surface area (Å²) in [4.78, 5) is 12.2. The van der Waals surface area contributed by atoms with Crippen LogP contribution in [0.15, 0.2) is 41.3 Å². The number of benzene rings is 1. The van der Waals surface area contributed by atoms with Gasteiger partial charge in [0.15, 0.2) is 5.15 Å².